The zero-order chi connectivity index (χ0) is 13.5. The largest absolute Gasteiger partial charge is 0.497 e. The molecule has 5 nitrogen and oxygen atoms in total. The van der Waals surface area contributed by atoms with Gasteiger partial charge in [0.25, 0.3) is 5.91 Å². The Morgan fingerprint density at radius 3 is 2.33 bits per heavy atom. The van der Waals surface area contributed by atoms with Crippen LogP contribution < -0.4 is 10.1 Å². The minimum Gasteiger partial charge on any atom is -0.497 e. The van der Waals surface area contributed by atoms with Crippen LogP contribution in [0, 0.1) is 0 Å². The summed E-state index contributed by atoms with van der Waals surface area (Å²) in [4.78, 5) is 23.4. The van der Waals surface area contributed by atoms with E-state index in [-0.39, 0.29) is 6.04 Å². The molecule has 1 atom stereocenters. The average molecular weight is 251 g/mol. The number of Topliss-reactive ketones (excluding diaryl/α,β-unsaturated/α-hetero) is 1. The minimum absolute atomic E-state index is 0.204. The van der Waals surface area contributed by atoms with Gasteiger partial charge in [0.1, 0.15) is 5.75 Å². The highest BCUT2D eigenvalue weighted by Gasteiger charge is 2.17. The standard InChI is InChI=1S/C13H17NO4/c1-9(8-17-2)14-13(16)12(15)10-4-6-11(18-3)7-5-10/h4-7,9H,8H2,1-3H3,(H,14,16). The highest BCUT2D eigenvalue weighted by atomic mass is 16.5. The van der Waals surface area contributed by atoms with Crippen LogP contribution in [-0.4, -0.2) is 38.6 Å². The molecule has 0 saturated carbocycles. The molecule has 0 aromatic heterocycles. The van der Waals surface area contributed by atoms with Gasteiger partial charge in [-0.1, -0.05) is 0 Å². The van der Waals surface area contributed by atoms with Crippen LogP contribution in [0.25, 0.3) is 0 Å². The van der Waals surface area contributed by atoms with Gasteiger partial charge in [-0.2, -0.15) is 0 Å². The van der Waals surface area contributed by atoms with Crippen molar-refractivity contribution in [2.45, 2.75) is 13.0 Å². The first-order valence-corrected chi connectivity index (χ1v) is 5.56. The van der Waals surface area contributed by atoms with Crippen LogP contribution in [0.5, 0.6) is 5.75 Å². The van der Waals surface area contributed by atoms with E-state index in [9.17, 15) is 9.59 Å². The maximum absolute atomic E-state index is 11.8. The van der Waals surface area contributed by atoms with Gasteiger partial charge < -0.3 is 14.8 Å². The molecule has 0 bridgehead atoms. The molecule has 1 aromatic carbocycles. The number of amides is 1. The molecule has 0 aliphatic carbocycles. The fourth-order valence-electron chi connectivity index (χ4n) is 1.45. The van der Waals surface area contributed by atoms with Crippen molar-refractivity contribution in [2.75, 3.05) is 20.8 Å². The lowest BCUT2D eigenvalue weighted by atomic mass is 10.1. The summed E-state index contributed by atoms with van der Waals surface area (Å²) in [6.07, 6.45) is 0. The number of ether oxygens (including phenoxy) is 2. The van der Waals surface area contributed by atoms with Gasteiger partial charge in [0.15, 0.2) is 0 Å². The zero-order valence-corrected chi connectivity index (χ0v) is 10.7. The van der Waals surface area contributed by atoms with Crippen molar-refractivity contribution in [3.63, 3.8) is 0 Å². The third kappa shape index (κ3) is 3.85. The third-order valence-corrected chi connectivity index (χ3v) is 2.35. The van der Waals surface area contributed by atoms with E-state index in [0.717, 1.165) is 0 Å². The molecule has 1 aromatic rings. The highest BCUT2D eigenvalue weighted by molar-refractivity contribution is 6.42. The molecule has 1 N–H and O–H groups in total. The predicted molar refractivity (Wildman–Crippen MR) is 66.8 cm³/mol. The lowest BCUT2D eigenvalue weighted by Crippen LogP contribution is -2.39. The van der Waals surface area contributed by atoms with Gasteiger partial charge in [0, 0.05) is 18.7 Å². The average Bonchev–Trinajstić information content (AvgIpc) is 2.38. The van der Waals surface area contributed by atoms with Crippen molar-refractivity contribution >= 4 is 11.7 Å². The van der Waals surface area contributed by atoms with Gasteiger partial charge in [0.05, 0.1) is 13.7 Å². The molecule has 0 fully saturated rings. The van der Waals surface area contributed by atoms with Crippen molar-refractivity contribution in [3.05, 3.63) is 29.8 Å². The molecule has 1 rings (SSSR count). The van der Waals surface area contributed by atoms with Gasteiger partial charge in [-0.25, -0.2) is 0 Å². The van der Waals surface area contributed by atoms with Crippen LogP contribution in [0.2, 0.25) is 0 Å². The normalized spacial score (nSPS) is 11.7. The summed E-state index contributed by atoms with van der Waals surface area (Å²) in [6, 6.07) is 6.19. The second kappa shape index (κ2) is 6.76. The molecular weight excluding hydrogens is 234 g/mol. The van der Waals surface area contributed by atoms with E-state index in [1.54, 1.807) is 31.2 Å². The Hall–Kier alpha value is -1.88. The Morgan fingerprint density at radius 1 is 1.22 bits per heavy atom. The lowest BCUT2D eigenvalue weighted by molar-refractivity contribution is -0.117. The third-order valence-electron chi connectivity index (χ3n) is 2.35. The Bertz CT molecular complexity index is 414. The van der Waals surface area contributed by atoms with Crippen LogP contribution in [0.15, 0.2) is 24.3 Å². The Balaban J connectivity index is 2.65. The van der Waals surface area contributed by atoms with Gasteiger partial charge in [-0.3, -0.25) is 9.59 Å². The number of ketones is 1. The Labute approximate surface area is 106 Å². The van der Waals surface area contributed by atoms with Crippen molar-refractivity contribution in [3.8, 4) is 5.75 Å². The monoisotopic (exact) mass is 251 g/mol. The topological polar surface area (TPSA) is 64.6 Å². The molecule has 18 heavy (non-hydrogen) atoms. The Kier molecular flexibility index (Phi) is 5.32. The molecule has 98 valence electrons. The second-order valence-corrected chi connectivity index (χ2v) is 3.89. The summed E-state index contributed by atoms with van der Waals surface area (Å²) >= 11 is 0. The van der Waals surface area contributed by atoms with Crippen LogP contribution in [0.4, 0.5) is 0 Å². The molecule has 5 heteroatoms. The molecule has 0 heterocycles. The van der Waals surface area contributed by atoms with E-state index < -0.39 is 11.7 Å². The molecule has 0 saturated heterocycles. The molecule has 1 amide bonds. The maximum Gasteiger partial charge on any atom is 0.292 e. The summed E-state index contributed by atoms with van der Waals surface area (Å²) in [6.45, 7) is 2.13. The van der Waals surface area contributed by atoms with Crippen LogP contribution in [-0.2, 0) is 9.53 Å². The highest BCUT2D eigenvalue weighted by Crippen LogP contribution is 2.11. The molecule has 0 aliphatic heterocycles. The van der Waals surface area contributed by atoms with Crippen LogP contribution in [0.3, 0.4) is 0 Å². The number of carbonyl (C=O) groups is 2. The molecule has 1 unspecified atom stereocenters. The fraction of sp³-hybridized carbons (Fsp3) is 0.385. The van der Waals surface area contributed by atoms with Crippen molar-refractivity contribution in [1.29, 1.82) is 0 Å². The van der Waals surface area contributed by atoms with E-state index in [1.807, 2.05) is 0 Å². The maximum atomic E-state index is 11.8. The summed E-state index contributed by atoms with van der Waals surface area (Å²) in [5, 5.41) is 2.56. The van der Waals surface area contributed by atoms with E-state index in [0.29, 0.717) is 17.9 Å². The van der Waals surface area contributed by atoms with E-state index >= 15 is 0 Å². The SMILES string of the molecule is COCC(C)NC(=O)C(=O)c1ccc(OC)cc1. The van der Waals surface area contributed by atoms with Crippen LogP contribution in [0.1, 0.15) is 17.3 Å². The lowest BCUT2D eigenvalue weighted by Gasteiger charge is -2.11. The minimum atomic E-state index is -0.635. The summed E-state index contributed by atoms with van der Waals surface area (Å²) in [5.74, 6) is -0.565. The predicted octanol–water partition coefficient (Wildman–Crippen LogP) is 1.03. The van der Waals surface area contributed by atoms with Crippen molar-refractivity contribution in [2.24, 2.45) is 0 Å². The fourth-order valence-corrected chi connectivity index (χ4v) is 1.45. The molecular formula is C13H17NO4. The number of hydrogen-bond donors (Lipinski definition) is 1. The van der Waals surface area contributed by atoms with Gasteiger partial charge in [0.2, 0.25) is 5.78 Å². The van der Waals surface area contributed by atoms with Crippen molar-refractivity contribution < 1.29 is 19.1 Å². The summed E-state index contributed by atoms with van der Waals surface area (Å²) in [5.41, 5.74) is 0.331. The number of methoxy groups -OCH3 is 2. The number of benzene rings is 1. The zero-order valence-electron chi connectivity index (χ0n) is 10.7. The molecule has 0 radical (unpaired) electrons. The Morgan fingerprint density at radius 2 is 1.83 bits per heavy atom. The van der Waals surface area contributed by atoms with E-state index in [2.05, 4.69) is 5.32 Å². The molecule has 0 spiro atoms. The number of hydrogen-bond acceptors (Lipinski definition) is 4. The van der Waals surface area contributed by atoms with E-state index in [1.165, 1.54) is 14.2 Å². The summed E-state index contributed by atoms with van der Waals surface area (Å²) in [7, 11) is 3.07. The number of nitrogens with one attached hydrogen (secondary N) is 1. The van der Waals surface area contributed by atoms with Gasteiger partial charge in [-0.05, 0) is 31.2 Å². The number of carbonyl (C=O) groups excluding carboxylic acids is 2. The summed E-state index contributed by atoms with van der Waals surface area (Å²) < 4.78 is 9.86. The van der Waals surface area contributed by atoms with Gasteiger partial charge in [-0.15, -0.1) is 0 Å². The first-order valence-electron chi connectivity index (χ1n) is 5.56. The first-order chi connectivity index (χ1) is 8.58. The van der Waals surface area contributed by atoms with Gasteiger partial charge >= 0.3 is 0 Å². The smallest absolute Gasteiger partial charge is 0.292 e. The number of rotatable bonds is 6. The van der Waals surface area contributed by atoms with E-state index in [4.69, 9.17) is 9.47 Å². The first kappa shape index (κ1) is 14.2. The second-order valence-electron chi connectivity index (χ2n) is 3.89. The van der Waals surface area contributed by atoms with Crippen LogP contribution >= 0.6 is 0 Å². The van der Waals surface area contributed by atoms with Crippen molar-refractivity contribution in [1.82, 2.24) is 5.32 Å². The molecule has 0 aliphatic rings. The quantitative estimate of drug-likeness (QED) is 0.606.